The van der Waals surface area contributed by atoms with Crippen LogP contribution in [0, 0.1) is 0 Å². The molecule has 0 N–H and O–H groups in total. The summed E-state index contributed by atoms with van der Waals surface area (Å²) in [5.41, 5.74) is 0. The highest BCUT2D eigenvalue weighted by Gasteiger charge is 2.04. The first kappa shape index (κ1) is 22.9. The molecular weight excluding hydrogens is 368 g/mol. The lowest BCUT2D eigenvalue weighted by molar-refractivity contribution is -0.0193. The number of benzene rings is 1. The Bertz CT molecular complexity index is 442. The first-order valence-corrected chi connectivity index (χ1v) is 9.78. The van der Waals surface area contributed by atoms with E-state index in [2.05, 4.69) is 0 Å². The van der Waals surface area contributed by atoms with Gasteiger partial charge in [-0.3, -0.25) is 0 Å². The molecule has 0 saturated heterocycles. The highest BCUT2D eigenvalue weighted by molar-refractivity contribution is 5.39. The van der Waals surface area contributed by atoms with Gasteiger partial charge in [0.25, 0.3) is 0 Å². The summed E-state index contributed by atoms with van der Waals surface area (Å²) in [5, 5.41) is 0. The van der Waals surface area contributed by atoms with E-state index in [1.165, 1.54) is 0 Å². The van der Waals surface area contributed by atoms with Crippen molar-refractivity contribution in [2.75, 3.05) is 92.5 Å². The lowest BCUT2D eigenvalue weighted by Crippen LogP contribution is -2.16. The second-order valence-corrected chi connectivity index (χ2v) is 5.82. The predicted molar refractivity (Wildman–Crippen MR) is 102 cm³/mol. The van der Waals surface area contributed by atoms with E-state index in [1.54, 1.807) is 0 Å². The van der Waals surface area contributed by atoms with E-state index in [4.69, 9.17) is 37.9 Å². The van der Waals surface area contributed by atoms with Crippen molar-refractivity contribution in [2.24, 2.45) is 0 Å². The summed E-state index contributed by atoms with van der Waals surface area (Å²) in [6, 6.07) is 7.56. The van der Waals surface area contributed by atoms with Crippen molar-refractivity contribution in [3.63, 3.8) is 0 Å². The Morgan fingerprint density at radius 2 is 0.607 bits per heavy atom. The molecular formula is C20H32O8. The van der Waals surface area contributed by atoms with Gasteiger partial charge >= 0.3 is 0 Å². The lowest BCUT2D eigenvalue weighted by Gasteiger charge is -2.13. The molecule has 0 atom stereocenters. The van der Waals surface area contributed by atoms with Crippen LogP contribution in [0.2, 0.25) is 0 Å². The van der Waals surface area contributed by atoms with E-state index >= 15 is 0 Å². The van der Waals surface area contributed by atoms with Crippen molar-refractivity contribution in [1.82, 2.24) is 0 Å². The molecule has 0 aromatic heterocycles. The first-order valence-electron chi connectivity index (χ1n) is 9.78. The molecule has 8 nitrogen and oxygen atoms in total. The fraction of sp³-hybridized carbons (Fsp3) is 0.700. The summed E-state index contributed by atoms with van der Waals surface area (Å²) in [4.78, 5) is 0. The van der Waals surface area contributed by atoms with Gasteiger partial charge in [0.2, 0.25) is 0 Å². The van der Waals surface area contributed by atoms with Crippen LogP contribution >= 0.6 is 0 Å². The Labute approximate surface area is 166 Å². The Morgan fingerprint density at radius 3 is 0.893 bits per heavy atom. The molecule has 1 aromatic carbocycles. The third kappa shape index (κ3) is 11.4. The molecule has 0 unspecified atom stereocenters. The van der Waals surface area contributed by atoms with Crippen LogP contribution in [0.5, 0.6) is 11.5 Å². The number of rotatable bonds is 0. The van der Waals surface area contributed by atoms with Crippen LogP contribution in [-0.2, 0) is 28.4 Å². The van der Waals surface area contributed by atoms with Crippen LogP contribution in [0.1, 0.15) is 0 Å². The average molecular weight is 400 g/mol. The van der Waals surface area contributed by atoms with Gasteiger partial charge in [-0.25, -0.2) is 0 Å². The van der Waals surface area contributed by atoms with Gasteiger partial charge in [-0.15, -0.1) is 0 Å². The second-order valence-electron chi connectivity index (χ2n) is 5.82. The minimum Gasteiger partial charge on any atom is -0.487 e. The van der Waals surface area contributed by atoms with Crippen LogP contribution in [0.25, 0.3) is 0 Å². The molecule has 0 bridgehead atoms. The number of para-hydroxylation sites is 2. The Kier molecular flexibility index (Phi) is 13.5. The van der Waals surface area contributed by atoms with Crippen molar-refractivity contribution in [3.05, 3.63) is 24.3 Å². The largest absolute Gasteiger partial charge is 0.487 e. The highest BCUT2D eigenvalue weighted by atomic mass is 16.6. The number of fused-ring (bicyclic) bond motifs is 1. The quantitative estimate of drug-likeness (QED) is 0.650. The van der Waals surface area contributed by atoms with Gasteiger partial charge in [0.05, 0.1) is 79.3 Å². The summed E-state index contributed by atoms with van der Waals surface area (Å²) in [5.74, 6) is 1.38. The molecule has 0 spiro atoms. The smallest absolute Gasteiger partial charge is 0.161 e. The fourth-order valence-electron chi connectivity index (χ4n) is 2.31. The Hall–Kier alpha value is -1.42. The lowest BCUT2D eigenvalue weighted by atomic mass is 10.3. The molecule has 1 aliphatic rings. The second kappa shape index (κ2) is 16.5. The van der Waals surface area contributed by atoms with Crippen LogP contribution < -0.4 is 9.47 Å². The molecule has 160 valence electrons. The maximum absolute atomic E-state index is 5.74. The van der Waals surface area contributed by atoms with Crippen LogP contribution in [-0.4, -0.2) is 92.5 Å². The number of ether oxygens (including phenoxy) is 8. The summed E-state index contributed by atoms with van der Waals surface area (Å²) in [6.07, 6.45) is 0. The Morgan fingerprint density at radius 1 is 0.357 bits per heavy atom. The molecule has 0 amide bonds. The standard InChI is InChI=1S/C20H32O8/c1-2-4-20-19(3-1)27-17-15-25-13-11-23-9-7-21-5-6-22-8-10-24-12-14-26-16-18-28-20/h1-4H,5-18H2. The maximum Gasteiger partial charge on any atom is 0.161 e. The van der Waals surface area contributed by atoms with E-state index in [9.17, 15) is 0 Å². The highest BCUT2D eigenvalue weighted by Crippen LogP contribution is 2.26. The molecule has 8 heteroatoms. The summed E-state index contributed by atoms with van der Waals surface area (Å²) in [7, 11) is 0. The van der Waals surface area contributed by atoms with Crippen molar-refractivity contribution in [1.29, 1.82) is 0 Å². The zero-order valence-electron chi connectivity index (χ0n) is 16.5. The van der Waals surface area contributed by atoms with Crippen molar-refractivity contribution < 1.29 is 37.9 Å². The minimum atomic E-state index is 0.442. The third-order valence-corrected chi connectivity index (χ3v) is 3.68. The van der Waals surface area contributed by atoms with Gasteiger partial charge in [0.15, 0.2) is 11.5 Å². The molecule has 28 heavy (non-hydrogen) atoms. The van der Waals surface area contributed by atoms with Gasteiger partial charge in [-0.1, -0.05) is 12.1 Å². The van der Waals surface area contributed by atoms with Crippen LogP contribution in [0.15, 0.2) is 24.3 Å². The van der Waals surface area contributed by atoms with Crippen LogP contribution in [0.4, 0.5) is 0 Å². The molecule has 1 aromatic rings. The van der Waals surface area contributed by atoms with Crippen LogP contribution in [0.3, 0.4) is 0 Å². The zero-order valence-corrected chi connectivity index (χ0v) is 16.5. The van der Waals surface area contributed by atoms with E-state index in [-0.39, 0.29) is 0 Å². The number of hydrogen-bond acceptors (Lipinski definition) is 8. The van der Waals surface area contributed by atoms with E-state index in [1.807, 2.05) is 24.3 Å². The van der Waals surface area contributed by atoms with Crippen molar-refractivity contribution in [2.45, 2.75) is 0 Å². The molecule has 0 aliphatic carbocycles. The van der Waals surface area contributed by atoms with Crippen molar-refractivity contribution in [3.8, 4) is 11.5 Å². The van der Waals surface area contributed by atoms with Gasteiger partial charge in [0.1, 0.15) is 13.2 Å². The molecule has 2 rings (SSSR count). The summed E-state index contributed by atoms with van der Waals surface area (Å²) < 4.78 is 44.2. The fourth-order valence-corrected chi connectivity index (χ4v) is 2.31. The molecule has 0 fully saturated rings. The zero-order chi connectivity index (χ0) is 19.5. The van der Waals surface area contributed by atoms with E-state index in [0.29, 0.717) is 104 Å². The van der Waals surface area contributed by atoms with Gasteiger partial charge in [0, 0.05) is 0 Å². The molecule has 1 aliphatic heterocycles. The SMILES string of the molecule is c1ccc2c(c1)OCCOCCOCCOCCOCCOCCOCCO2. The molecule has 0 radical (unpaired) electrons. The molecule has 0 saturated carbocycles. The topological polar surface area (TPSA) is 73.8 Å². The summed E-state index contributed by atoms with van der Waals surface area (Å²) >= 11 is 0. The summed E-state index contributed by atoms with van der Waals surface area (Å²) in [6.45, 7) is 7.16. The molecule has 1 heterocycles. The van der Waals surface area contributed by atoms with E-state index in [0.717, 1.165) is 0 Å². The Balaban J connectivity index is 1.68. The first-order chi connectivity index (χ1) is 14.0. The third-order valence-electron chi connectivity index (χ3n) is 3.68. The minimum absolute atomic E-state index is 0.442. The van der Waals surface area contributed by atoms with E-state index < -0.39 is 0 Å². The number of hydrogen-bond donors (Lipinski definition) is 0. The van der Waals surface area contributed by atoms with Gasteiger partial charge in [-0.05, 0) is 12.1 Å². The monoisotopic (exact) mass is 400 g/mol. The van der Waals surface area contributed by atoms with Crippen molar-refractivity contribution >= 4 is 0 Å². The van der Waals surface area contributed by atoms with Gasteiger partial charge < -0.3 is 37.9 Å². The normalized spacial score (nSPS) is 20.7. The van der Waals surface area contributed by atoms with Gasteiger partial charge in [-0.2, -0.15) is 0 Å². The maximum atomic E-state index is 5.74. The average Bonchev–Trinajstić information content (AvgIpc) is 2.72. The predicted octanol–water partition coefficient (Wildman–Crippen LogP) is 1.56.